The van der Waals surface area contributed by atoms with E-state index in [9.17, 15) is 4.79 Å². The summed E-state index contributed by atoms with van der Waals surface area (Å²) in [6.07, 6.45) is 0.713. The van der Waals surface area contributed by atoms with Crippen molar-refractivity contribution in [3.63, 3.8) is 0 Å². The maximum absolute atomic E-state index is 12.9. The van der Waals surface area contributed by atoms with E-state index in [2.05, 4.69) is 20.8 Å². The summed E-state index contributed by atoms with van der Waals surface area (Å²) in [6.45, 7) is 2.02. The molecule has 2 aliphatic rings. The molecule has 2 heterocycles. The summed E-state index contributed by atoms with van der Waals surface area (Å²) in [5.74, 6) is 1.02. The Labute approximate surface area is 131 Å². The van der Waals surface area contributed by atoms with E-state index >= 15 is 0 Å². The van der Waals surface area contributed by atoms with Crippen LogP contribution in [0.2, 0.25) is 0 Å². The molecule has 2 aromatic rings. The summed E-state index contributed by atoms with van der Waals surface area (Å²) in [4.78, 5) is 15.1. The summed E-state index contributed by atoms with van der Waals surface area (Å²) in [6, 6.07) is 12.0. The third kappa shape index (κ3) is 1.57. The maximum atomic E-state index is 12.9. The van der Waals surface area contributed by atoms with Crippen LogP contribution >= 0.6 is 15.9 Å². The highest BCUT2D eigenvalue weighted by atomic mass is 79.9. The molecule has 0 N–H and O–H groups in total. The summed E-state index contributed by atoms with van der Waals surface area (Å²) in [5, 5.41) is 0. The molecule has 1 atom stereocenters. The van der Waals surface area contributed by atoms with E-state index in [1.807, 2.05) is 43.3 Å². The van der Waals surface area contributed by atoms with Gasteiger partial charge in [0, 0.05) is 22.1 Å². The highest BCUT2D eigenvalue weighted by molar-refractivity contribution is 9.10. The van der Waals surface area contributed by atoms with Crippen LogP contribution in [0.1, 0.15) is 22.8 Å². The smallest absolute Gasteiger partial charge is 0.190 e. The molecule has 21 heavy (non-hydrogen) atoms. The number of nitrogens with zero attached hydrogens (tertiary/aromatic N) is 1. The Morgan fingerprint density at radius 2 is 1.95 bits per heavy atom. The molecule has 106 valence electrons. The third-order valence-corrected chi connectivity index (χ3v) is 4.98. The Bertz CT molecular complexity index is 786. The van der Waals surface area contributed by atoms with E-state index < -0.39 is 5.54 Å². The Hall–Kier alpha value is -1.81. The summed E-state index contributed by atoms with van der Waals surface area (Å²) < 4.78 is 6.24. The molecule has 4 rings (SSSR count). The fourth-order valence-corrected chi connectivity index (χ4v) is 3.88. The van der Waals surface area contributed by atoms with Crippen molar-refractivity contribution < 1.29 is 9.53 Å². The van der Waals surface area contributed by atoms with E-state index in [0.717, 1.165) is 27.2 Å². The monoisotopic (exact) mass is 343 g/mol. The molecular formula is C17H14BrNO2. The number of hydrogen-bond acceptors (Lipinski definition) is 3. The van der Waals surface area contributed by atoms with Gasteiger partial charge in [0.05, 0.1) is 12.8 Å². The van der Waals surface area contributed by atoms with Crippen LogP contribution in [0, 0.1) is 0 Å². The number of hydrogen-bond donors (Lipinski definition) is 0. The lowest BCUT2D eigenvalue weighted by molar-refractivity contribution is 0.0923. The molecule has 4 heteroatoms. The van der Waals surface area contributed by atoms with Crippen LogP contribution in [0.5, 0.6) is 5.75 Å². The molecular weight excluding hydrogens is 330 g/mol. The van der Waals surface area contributed by atoms with E-state index in [1.165, 1.54) is 5.56 Å². The highest BCUT2D eigenvalue weighted by Crippen LogP contribution is 2.52. The van der Waals surface area contributed by atoms with Crippen molar-refractivity contribution in [2.24, 2.45) is 0 Å². The topological polar surface area (TPSA) is 29.5 Å². The second-order valence-corrected chi connectivity index (χ2v) is 6.69. The molecule has 0 aromatic heterocycles. The fourth-order valence-electron chi connectivity index (χ4n) is 3.52. The minimum atomic E-state index is -0.516. The second-order valence-electron chi connectivity index (χ2n) is 5.77. The normalized spacial score (nSPS) is 22.0. The van der Waals surface area contributed by atoms with Gasteiger partial charge in [-0.15, -0.1) is 0 Å². The average Bonchev–Trinajstić information content (AvgIpc) is 2.88. The van der Waals surface area contributed by atoms with Crippen molar-refractivity contribution in [1.29, 1.82) is 0 Å². The van der Waals surface area contributed by atoms with Gasteiger partial charge < -0.3 is 9.64 Å². The lowest BCUT2D eigenvalue weighted by Crippen LogP contribution is -2.42. The van der Waals surface area contributed by atoms with Gasteiger partial charge in [0.1, 0.15) is 11.3 Å². The predicted octanol–water partition coefficient (Wildman–Crippen LogP) is 4.11. The van der Waals surface area contributed by atoms with Crippen molar-refractivity contribution in [2.75, 3.05) is 12.0 Å². The lowest BCUT2D eigenvalue weighted by Gasteiger charge is -2.28. The van der Waals surface area contributed by atoms with Crippen LogP contribution in [0.4, 0.5) is 11.4 Å². The van der Waals surface area contributed by atoms with Crippen molar-refractivity contribution in [1.82, 2.24) is 0 Å². The minimum Gasteiger partial charge on any atom is -0.497 e. The van der Waals surface area contributed by atoms with Gasteiger partial charge in [0.2, 0.25) is 0 Å². The number of Topliss-reactive ketones (excluding diaryl/α,β-unsaturated/α-hetero) is 1. The zero-order valence-corrected chi connectivity index (χ0v) is 13.4. The highest BCUT2D eigenvalue weighted by Gasteiger charge is 2.52. The summed E-state index contributed by atoms with van der Waals surface area (Å²) in [5.41, 5.74) is 3.55. The molecule has 0 saturated carbocycles. The Morgan fingerprint density at radius 3 is 2.71 bits per heavy atom. The van der Waals surface area contributed by atoms with Crippen LogP contribution in [0.15, 0.2) is 40.9 Å². The van der Waals surface area contributed by atoms with Gasteiger partial charge in [0.15, 0.2) is 5.78 Å². The number of benzene rings is 2. The molecule has 3 nitrogen and oxygen atoms in total. The molecule has 2 aromatic carbocycles. The average molecular weight is 344 g/mol. The first-order chi connectivity index (χ1) is 10.0. The molecule has 0 bridgehead atoms. The Kier molecular flexibility index (Phi) is 2.52. The van der Waals surface area contributed by atoms with E-state index in [1.54, 1.807) is 7.11 Å². The number of halogens is 1. The summed E-state index contributed by atoms with van der Waals surface area (Å²) >= 11 is 3.45. The molecule has 0 radical (unpaired) electrons. The quantitative estimate of drug-likeness (QED) is 0.780. The van der Waals surface area contributed by atoms with E-state index in [0.29, 0.717) is 6.42 Å². The molecule has 0 saturated heterocycles. The van der Waals surface area contributed by atoms with Crippen molar-refractivity contribution >= 4 is 33.1 Å². The molecule has 2 aliphatic heterocycles. The lowest BCUT2D eigenvalue weighted by atomic mass is 9.91. The number of ketones is 1. The number of fused-ring (bicyclic) bond motifs is 5. The second kappa shape index (κ2) is 4.10. The molecule has 0 spiro atoms. The number of anilines is 2. The van der Waals surface area contributed by atoms with Crippen LogP contribution in [0.25, 0.3) is 0 Å². The SMILES string of the molecule is COc1ccc2c(c1)CC1(C)C(=O)c3cc(Br)ccc3N21. The van der Waals surface area contributed by atoms with Crippen LogP contribution in [-0.4, -0.2) is 18.4 Å². The van der Waals surface area contributed by atoms with Gasteiger partial charge in [-0.2, -0.15) is 0 Å². The molecule has 1 unspecified atom stereocenters. The largest absolute Gasteiger partial charge is 0.497 e. The van der Waals surface area contributed by atoms with Gasteiger partial charge in [-0.25, -0.2) is 0 Å². The van der Waals surface area contributed by atoms with Gasteiger partial charge in [-0.05, 0) is 48.9 Å². The Balaban J connectivity index is 1.94. The first kappa shape index (κ1) is 12.9. The number of methoxy groups -OCH3 is 1. The van der Waals surface area contributed by atoms with Crippen molar-refractivity contribution in [2.45, 2.75) is 18.9 Å². The van der Waals surface area contributed by atoms with E-state index in [-0.39, 0.29) is 5.78 Å². The molecule has 0 aliphatic carbocycles. The van der Waals surface area contributed by atoms with Crippen molar-refractivity contribution in [3.05, 3.63) is 52.0 Å². The number of carbonyl (C=O) groups excluding carboxylic acids is 1. The first-order valence-electron chi connectivity index (χ1n) is 6.86. The first-order valence-corrected chi connectivity index (χ1v) is 7.65. The summed E-state index contributed by atoms with van der Waals surface area (Å²) in [7, 11) is 1.66. The number of carbonyl (C=O) groups is 1. The van der Waals surface area contributed by atoms with Crippen LogP contribution < -0.4 is 9.64 Å². The fraction of sp³-hybridized carbons (Fsp3) is 0.235. The third-order valence-electron chi connectivity index (χ3n) is 4.49. The van der Waals surface area contributed by atoms with Crippen molar-refractivity contribution in [3.8, 4) is 5.75 Å². The predicted molar refractivity (Wildman–Crippen MR) is 85.7 cm³/mol. The number of rotatable bonds is 1. The zero-order chi connectivity index (χ0) is 14.8. The van der Waals surface area contributed by atoms with Crippen LogP contribution in [0.3, 0.4) is 0 Å². The van der Waals surface area contributed by atoms with Gasteiger partial charge >= 0.3 is 0 Å². The molecule has 0 amide bonds. The van der Waals surface area contributed by atoms with Gasteiger partial charge in [0.25, 0.3) is 0 Å². The van der Waals surface area contributed by atoms with Gasteiger partial charge in [-0.3, -0.25) is 4.79 Å². The standard InChI is InChI=1S/C17H14BrNO2/c1-17-9-10-7-12(21-2)4-6-14(10)19(17)15-5-3-11(18)8-13(15)16(17)20/h3-8H,9H2,1-2H3. The zero-order valence-electron chi connectivity index (χ0n) is 11.8. The van der Waals surface area contributed by atoms with E-state index in [4.69, 9.17) is 4.74 Å². The maximum Gasteiger partial charge on any atom is 0.190 e. The minimum absolute atomic E-state index is 0.189. The Morgan fingerprint density at radius 1 is 1.19 bits per heavy atom. The molecule has 0 fully saturated rings. The van der Waals surface area contributed by atoms with Gasteiger partial charge in [-0.1, -0.05) is 15.9 Å². The van der Waals surface area contributed by atoms with Crippen LogP contribution in [-0.2, 0) is 6.42 Å². The number of ether oxygens (including phenoxy) is 1.